The van der Waals surface area contributed by atoms with Gasteiger partial charge in [-0.1, -0.05) is 0 Å². The van der Waals surface area contributed by atoms with Crippen molar-refractivity contribution in [1.29, 1.82) is 0 Å². The van der Waals surface area contributed by atoms with Gasteiger partial charge in [-0.15, -0.1) is 11.3 Å². The van der Waals surface area contributed by atoms with Crippen LogP contribution in [0.25, 0.3) is 21.3 Å². The average molecular weight is 426 g/mol. The van der Waals surface area contributed by atoms with Gasteiger partial charge in [-0.3, -0.25) is 9.69 Å². The van der Waals surface area contributed by atoms with Gasteiger partial charge in [0.05, 0.1) is 22.7 Å². The van der Waals surface area contributed by atoms with Crippen LogP contribution in [0.3, 0.4) is 0 Å². The number of fused-ring (bicyclic) bond motifs is 1. The first kappa shape index (κ1) is 21.1. The molecule has 1 saturated heterocycles. The van der Waals surface area contributed by atoms with Crippen molar-refractivity contribution >= 4 is 21.4 Å². The van der Waals surface area contributed by atoms with E-state index in [2.05, 4.69) is 23.8 Å². The zero-order valence-electron chi connectivity index (χ0n) is 18.3. The maximum absolute atomic E-state index is 12.6. The van der Waals surface area contributed by atoms with E-state index in [1.165, 1.54) is 12.8 Å². The molecule has 0 spiro atoms. The van der Waals surface area contributed by atoms with E-state index in [4.69, 9.17) is 4.74 Å². The fourth-order valence-electron chi connectivity index (χ4n) is 4.36. The Kier molecular flexibility index (Phi) is 6.25. The highest BCUT2D eigenvalue weighted by atomic mass is 32.1. The highest BCUT2D eigenvalue weighted by Gasteiger charge is 2.26. The molecule has 0 aliphatic carbocycles. The normalized spacial score (nSPS) is 19.8. The second-order valence-corrected chi connectivity index (χ2v) is 9.51. The van der Waals surface area contributed by atoms with E-state index in [1.807, 2.05) is 49.6 Å². The van der Waals surface area contributed by atoms with Crippen molar-refractivity contribution in [2.24, 2.45) is 0 Å². The molecule has 5 nitrogen and oxygen atoms in total. The molecule has 3 heterocycles. The first-order valence-electron chi connectivity index (χ1n) is 10.9. The standard InChI is InChI=1S/C24H31N3O2S/c1-16(2)27-24(28)21-12-15-30-23(21)22(25-27)19-8-10-20(11-9-19)29-14-5-13-26-17(3)6-7-18(26)4/h8-12,15-18H,5-7,13-14H2,1-4H3. The van der Waals surface area contributed by atoms with E-state index >= 15 is 0 Å². The third-order valence-electron chi connectivity index (χ3n) is 6.11. The summed E-state index contributed by atoms with van der Waals surface area (Å²) in [5, 5.41) is 7.37. The van der Waals surface area contributed by atoms with Gasteiger partial charge >= 0.3 is 0 Å². The van der Waals surface area contributed by atoms with E-state index in [9.17, 15) is 4.79 Å². The van der Waals surface area contributed by atoms with Gasteiger partial charge < -0.3 is 4.74 Å². The number of ether oxygens (including phenoxy) is 1. The molecule has 6 heteroatoms. The lowest BCUT2D eigenvalue weighted by Gasteiger charge is -2.25. The summed E-state index contributed by atoms with van der Waals surface area (Å²) in [6.45, 7) is 10.4. The van der Waals surface area contributed by atoms with Gasteiger partial charge in [0.25, 0.3) is 5.56 Å². The van der Waals surface area contributed by atoms with E-state index < -0.39 is 0 Å². The summed E-state index contributed by atoms with van der Waals surface area (Å²) >= 11 is 1.56. The largest absolute Gasteiger partial charge is 0.494 e. The molecule has 4 rings (SSSR count). The number of aromatic nitrogens is 2. The second kappa shape index (κ2) is 8.90. The van der Waals surface area contributed by atoms with Gasteiger partial charge in [0, 0.05) is 24.2 Å². The van der Waals surface area contributed by atoms with Crippen LogP contribution in [-0.4, -0.2) is 39.9 Å². The average Bonchev–Trinajstić information content (AvgIpc) is 3.34. The quantitative estimate of drug-likeness (QED) is 0.479. The summed E-state index contributed by atoms with van der Waals surface area (Å²) in [5.41, 5.74) is 1.84. The van der Waals surface area contributed by atoms with E-state index in [-0.39, 0.29) is 11.6 Å². The van der Waals surface area contributed by atoms with Crippen molar-refractivity contribution in [1.82, 2.24) is 14.7 Å². The van der Waals surface area contributed by atoms with Gasteiger partial charge in [0.1, 0.15) is 11.4 Å². The number of likely N-dealkylation sites (tertiary alicyclic amines) is 1. The van der Waals surface area contributed by atoms with Crippen LogP contribution in [0.5, 0.6) is 5.75 Å². The van der Waals surface area contributed by atoms with Crippen LogP contribution in [0.2, 0.25) is 0 Å². The van der Waals surface area contributed by atoms with Crippen molar-refractivity contribution in [2.45, 2.75) is 65.1 Å². The molecular formula is C24H31N3O2S. The summed E-state index contributed by atoms with van der Waals surface area (Å²) in [4.78, 5) is 15.2. The summed E-state index contributed by atoms with van der Waals surface area (Å²) in [5.74, 6) is 0.876. The minimum atomic E-state index is -0.0217. The number of hydrogen-bond acceptors (Lipinski definition) is 5. The molecule has 1 aliphatic rings. The maximum atomic E-state index is 12.6. The van der Waals surface area contributed by atoms with Crippen molar-refractivity contribution in [3.63, 3.8) is 0 Å². The molecule has 2 atom stereocenters. The maximum Gasteiger partial charge on any atom is 0.275 e. The minimum absolute atomic E-state index is 0.0178. The highest BCUT2D eigenvalue weighted by molar-refractivity contribution is 7.17. The van der Waals surface area contributed by atoms with Crippen molar-refractivity contribution in [3.8, 4) is 17.0 Å². The topological polar surface area (TPSA) is 47.4 Å². The van der Waals surface area contributed by atoms with Crippen LogP contribution in [0.4, 0.5) is 0 Å². The zero-order chi connectivity index (χ0) is 21.3. The van der Waals surface area contributed by atoms with Crippen LogP contribution >= 0.6 is 11.3 Å². The molecular weight excluding hydrogens is 394 g/mol. The van der Waals surface area contributed by atoms with Gasteiger partial charge in [-0.2, -0.15) is 5.10 Å². The number of thiophene rings is 1. The molecule has 1 fully saturated rings. The lowest BCUT2D eigenvalue weighted by Crippen LogP contribution is -2.34. The van der Waals surface area contributed by atoms with Crippen molar-refractivity contribution in [3.05, 3.63) is 46.1 Å². The molecule has 0 bridgehead atoms. The molecule has 30 heavy (non-hydrogen) atoms. The zero-order valence-corrected chi connectivity index (χ0v) is 19.1. The number of benzene rings is 1. The Labute approximate surface area is 182 Å². The Morgan fingerprint density at radius 1 is 1.13 bits per heavy atom. The first-order valence-corrected chi connectivity index (χ1v) is 11.8. The molecule has 160 valence electrons. The SMILES string of the molecule is CC1CCC(C)N1CCCOc1ccc(-c2nn(C(C)C)c(=O)c3ccsc23)cc1. The molecule has 1 aliphatic heterocycles. The summed E-state index contributed by atoms with van der Waals surface area (Å²) < 4.78 is 8.50. The molecule has 1 aromatic carbocycles. The van der Waals surface area contributed by atoms with E-state index in [0.29, 0.717) is 12.1 Å². The summed E-state index contributed by atoms with van der Waals surface area (Å²) in [6.07, 6.45) is 3.64. The molecule has 3 aromatic rings. The lowest BCUT2D eigenvalue weighted by molar-refractivity contribution is 0.191. The Bertz CT molecular complexity index is 1040. The van der Waals surface area contributed by atoms with Gasteiger partial charge in [-0.05, 0) is 82.7 Å². The third-order valence-corrected chi connectivity index (χ3v) is 7.03. The predicted molar refractivity (Wildman–Crippen MR) is 125 cm³/mol. The Balaban J connectivity index is 1.44. The molecule has 2 aromatic heterocycles. The van der Waals surface area contributed by atoms with Gasteiger partial charge in [0.15, 0.2) is 0 Å². The number of rotatable bonds is 7. The number of nitrogens with zero attached hydrogens (tertiary/aromatic N) is 3. The van der Waals surface area contributed by atoms with E-state index in [0.717, 1.165) is 46.7 Å². The van der Waals surface area contributed by atoms with Gasteiger partial charge in [-0.25, -0.2) is 4.68 Å². The fourth-order valence-corrected chi connectivity index (χ4v) is 5.25. The lowest BCUT2D eigenvalue weighted by atomic mass is 10.1. The summed E-state index contributed by atoms with van der Waals surface area (Å²) in [6, 6.07) is 11.4. The summed E-state index contributed by atoms with van der Waals surface area (Å²) in [7, 11) is 0. The predicted octanol–water partition coefficient (Wildman–Crippen LogP) is 5.35. The van der Waals surface area contributed by atoms with Crippen LogP contribution in [0, 0.1) is 0 Å². The minimum Gasteiger partial charge on any atom is -0.494 e. The van der Waals surface area contributed by atoms with Crippen molar-refractivity contribution in [2.75, 3.05) is 13.2 Å². The second-order valence-electron chi connectivity index (χ2n) is 8.60. The van der Waals surface area contributed by atoms with Crippen LogP contribution in [0.15, 0.2) is 40.5 Å². The third kappa shape index (κ3) is 4.16. The smallest absolute Gasteiger partial charge is 0.275 e. The Morgan fingerprint density at radius 3 is 2.50 bits per heavy atom. The molecule has 0 radical (unpaired) electrons. The Hall–Kier alpha value is -2.18. The van der Waals surface area contributed by atoms with Crippen LogP contribution < -0.4 is 10.3 Å². The molecule has 0 amide bonds. The molecule has 2 unspecified atom stereocenters. The van der Waals surface area contributed by atoms with Crippen LogP contribution in [-0.2, 0) is 0 Å². The number of hydrogen-bond donors (Lipinski definition) is 0. The first-order chi connectivity index (χ1) is 14.5. The Morgan fingerprint density at radius 2 is 1.83 bits per heavy atom. The van der Waals surface area contributed by atoms with Crippen molar-refractivity contribution < 1.29 is 4.74 Å². The monoisotopic (exact) mass is 425 g/mol. The van der Waals surface area contributed by atoms with E-state index in [1.54, 1.807) is 16.0 Å². The van der Waals surface area contributed by atoms with Crippen LogP contribution in [0.1, 0.15) is 53.0 Å². The molecule has 0 N–H and O–H groups in total. The molecule has 0 saturated carbocycles. The fraction of sp³-hybridized carbons (Fsp3) is 0.500. The highest BCUT2D eigenvalue weighted by Crippen LogP contribution is 2.30. The van der Waals surface area contributed by atoms with Gasteiger partial charge in [0.2, 0.25) is 0 Å².